The maximum Gasteiger partial charge on any atom is 0.0581 e. The Morgan fingerprint density at radius 3 is 2.60 bits per heavy atom. The normalized spacial score (nSPS) is 19.1. The van der Waals surface area contributed by atoms with Crippen LogP contribution in [0.3, 0.4) is 0 Å². The number of hydrogen-bond donors (Lipinski definition) is 2. The van der Waals surface area contributed by atoms with Crippen molar-refractivity contribution in [1.82, 2.24) is 10.2 Å². The van der Waals surface area contributed by atoms with Gasteiger partial charge in [0.1, 0.15) is 0 Å². The van der Waals surface area contributed by atoms with E-state index in [0.717, 1.165) is 18.9 Å². The van der Waals surface area contributed by atoms with Gasteiger partial charge in [0.05, 0.1) is 6.61 Å². The number of nitrogens with one attached hydrogen (secondary N) is 1. The smallest absolute Gasteiger partial charge is 0.0581 e. The molecule has 3 heteroatoms. The Labute approximate surface area is 123 Å². The van der Waals surface area contributed by atoms with Crippen LogP contribution in [0.15, 0.2) is 30.3 Å². The minimum Gasteiger partial charge on any atom is -0.395 e. The lowest BCUT2D eigenvalue weighted by atomic mass is 9.96. The van der Waals surface area contributed by atoms with Gasteiger partial charge in [0, 0.05) is 12.6 Å². The molecule has 2 N–H and O–H groups in total. The van der Waals surface area contributed by atoms with Gasteiger partial charge in [-0.3, -0.25) is 0 Å². The third kappa shape index (κ3) is 5.23. The molecule has 0 aromatic heterocycles. The zero-order valence-electron chi connectivity index (χ0n) is 12.6. The first-order chi connectivity index (χ1) is 9.78. The monoisotopic (exact) mass is 276 g/mol. The highest BCUT2D eigenvalue weighted by Crippen LogP contribution is 2.17. The van der Waals surface area contributed by atoms with Crippen molar-refractivity contribution in [2.24, 2.45) is 5.92 Å². The third-order valence-electron chi connectivity index (χ3n) is 4.30. The van der Waals surface area contributed by atoms with E-state index in [1.165, 1.54) is 38.0 Å². The molecule has 20 heavy (non-hydrogen) atoms. The average Bonchev–Trinajstić information content (AvgIpc) is 2.52. The molecule has 3 nitrogen and oxygen atoms in total. The standard InChI is InChI=1S/C17H28N2O/c1-15(14-20)18-13-17-8-11-19(12-9-17)10-7-16-5-3-2-4-6-16/h2-6,15,17-18,20H,7-14H2,1H3/t15-/m0/s1. The predicted molar refractivity (Wildman–Crippen MR) is 83.9 cm³/mol. The molecule has 0 saturated carbocycles. The predicted octanol–water partition coefficient (Wildman–Crippen LogP) is 1.91. The Kier molecular flexibility index (Phi) is 6.51. The lowest BCUT2D eigenvalue weighted by Gasteiger charge is -2.32. The van der Waals surface area contributed by atoms with E-state index in [1.807, 2.05) is 6.92 Å². The highest BCUT2D eigenvalue weighted by atomic mass is 16.3. The lowest BCUT2D eigenvalue weighted by Crippen LogP contribution is -2.40. The van der Waals surface area contributed by atoms with Crippen molar-refractivity contribution in [3.05, 3.63) is 35.9 Å². The van der Waals surface area contributed by atoms with Crippen molar-refractivity contribution in [1.29, 1.82) is 0 Å². The average molecular weight is 276 g/mol. The molecular formula is C17H28N2O. The summed E-state index contributed by atoms with van der Waals surface area (Å²) in [5.41, 5.74) is 1.44. The summed E-state index contributed by atoms with van der Waals surface area (Å²) in [4.78, 5) is 2.58. The third-order valence-corrected chi connectivity index (χ3v) is 4.30. The van der Waals surface area contributed by atoms with Crippen LogP contribution in [-0.2, 0) is 6.42 Å². The maximum atomic E-state index is 9.01. The fourth-order valence-electron chi connectivity index (χ4n) is 2.78. The highest BCUT2D eigenvalue weighted by molar-refractivity contribution is 5.14. The number of hydrogen-bond acceptors (Lipinski definition) is 3. The van der Waals surface area contributed by atoms with Crippen LogP contribution in [0.5, 0.6) is 0 Å². The second kappa shape index (κ2) is 8.40. The number of aliphatic hydroxyl groups is 1. The van der Waals surface area contributed by atoms with E-state index in [4.69, 9.17) is 5.11 Å². The summed E-state index contributed by atoms with van der Waals surface area (Å²) in [6.07, 6.45) is 3.71. The summed E-state index contributed by atoms with van der Waals surface area (Å²) in [5.74, 6) is 0.775. The van der Waals surface area contributed by atoms with Crippen molar-refractivity contribution in [2.45, 2.75) is 32.2 Å². The Hall–Kier alpha value is -0.900. The first-order valence-corrected chi connectivity index (χ1v) is 7.88. The van der Waals surface area contributed by atoms with E-state index in [0.29, 0.717) is 0 Å². The number of piperidine rings is 1. The second-order valence-electron chi connectivity index (χ2n) is 6.01. The first kappa shape index (κ1) is 15.5. The number of likely N-dealkylation sites (tertiary alicyclic amines) is 1. The van der Waals surface area contributed by atoms with E-state index in [2.05, 4.69) is 40.5 Å². The second-order valence-corrected chi connectivity index (χ2v) is 6.01. The van der Waals surface area contributed by atoms with Crippen LogP contribution in [0.2, 0.25) is 0 Å². The first-order valence-electron chi connectivity index (χ1n) is 7.88. The van der Waals surface area contributed by atoms with Crippen LogP contribution >= 0.6 is 0 Å². The van der Waals surface area contributed by atoms with Gasteiger partial charge in [0.2, 0.25) is 0 Å². The summed E-state index contributed by atoms with van der Waals surface area (Å²) in [7, 11) is 0. The number of rotatable bonds is 7. The summed E-state index contributed by atoms with van der Waals surface area (Å²) >= 11 is 0. The van der Waals surface area contributed by atoms with Crippen LogP contribution < -0.4 is 5.32 Å². The lowest BCUT2D eigenvalue weighted by molar-refractivity contribution is 0.176. The van der Waals surface area contributed by atoms with Gasteiger partial charge < -0.3 is 15.3 Å². The molecular weight excluding hydrogens is 248 g/mol. The number of aliphatic hydroxyl groups excluding tert-OH is 1. The fraction of sp³-hybridized carbons (Fsp3) is 0.647. The van der Waals surface area contributed by atoms with Crippen molar-refractivity contribution in [2.75, 3.05) is 32.8 Å². The van der Waals surface area contributed by atoms with Crippen molar-refractivity contribution in [3.63, 3.8) is 0 Å². The van der Waals surface area contributed by atoms with Crippen LogP contribution in [-0.4, -0.2) is 48.8 Å². The van der Waals surface area contributed by atoms with Crippen LogP contribution in [0.4, 0.5) is 0 Å². The molecule has 1 aliphatic rings. The van der Waals surface area contributed by atoms with Gasteiger partial charge in [-0.25, -0.2) is 0 Å². The Bertz CT molecular complexity index is 361. The molecule has 2 rings (SSSR count). The van der Waals surface area contributed by atoms with Gasteiger partial charge >= 0.3 is 0 Å². The van der Waals surface area contributed by atoms with Gasteiger partial charge in [-0.05, 0) is 57.3 Å². The molecule has 1 saturated heterocycles. The van der Waals surface area contributed by atoms with E-state index in [9.17, 15) is 0 Å². The largest absolute Gasteiger partial charge is 0.395 e. The van der Waals surface area contributed by atoms with Crippen LogP contribution in [0, 0.1) is 5.92 Å². The molecule has 1 aliphatic heterocycles. The summed E-state index contributed by atoms with van der Waals surface area (Å²) in [5, 5.41) is 12.4. The molecule has 0 spiro atoms. The molecule has 1 fully saturated rings. The number of nitrogens with zero attached hydrogens (tertiary/aromatic N) is 1. The molecule has 0 unspecified atom stereocenters. The molecule has 0 radical (unpaired) electrons. The van der Waals surface area contributed by atoms with E-state index < -0.39 is 0 Å². The topological polar surface area (TPSA) is 35.5 Å². The molecule has 1 heterocycles. The fourth-order valence-corrected chi connectivity index (χ4v) is 2.78. The number of benzene rings is 1. The SMILES string of the molecule is C[C@@H](CO)NCC1CCN(CCc2ccccc2)CC1. The van der Waals surface area contributed by atoms with Gasteiger partial charge in [-0.2, -0.15) is 0 Å². The Balaban J connectivity index is 1.62. The minimum atomic E-state index is 0.228. The minimum absolute atomic E-state index is 0.228. The summed E-state index contributed by atoms with van der Waals surface area (Å²) in [6, 6.07) is 11.0. The van der Waals surface area contributed by atoms with Gasteiger partial charge in [-0.1, -0.05) is 30.3 Å². The zero-order chi connectivity index (χ0) is 14.2. The molecule has 0 aliphatic carbocycles. The zero-order valence-corrected chi connectivity index (χ0v) is 12.6. The molecule has 1 aromatic rings. The molecule has 0 bridgehead atoms. The van der Waals surface area contributed by atoms with E-state index >= 15 is 0 Å². The van der Waals surface area contributed by atoms with Gasteiger partial charge in [0.15, 0.2) is 0 Å². The van der Waals surface area contributed by atoms with Crippen LogP contribution in [0.1, 0.15) is 25.3 Å². The van der Waals surface area contributed by atoms with E-state index in [1.54, 1.807) is 0 Å². The summed E-state index contributed by atoms with van der Waals surface area (Å²) < 4.78 is 0. The maximum absolute atomic E-state index is 9.01. The van der Waals surface area contributed by atoms with Crippen molar-refractivity contribution in [3.8, 4) is 0 Å². The quantitative estimate of drug-likeness (QED) is 0.798. The Morgan fingerprint density at radius 1 is 1.25 bits per heavy atom. The molecule has 112 valence electrons. The van der Waals surface area contributed by atoms with Gasteiger partial charge in [-0.15, -0.1) is 0 Å². The Morgan fingerprint density at radius 2 is 1.95 bits per heavy atom. The molecule has 0 amide bonds. The highest BCUT2D eigenvalue weighted by Gasteiger charge is 2.19. The van der Waals surface area contributed by atoms with Gasteiger partial charge in [0.25, 0.3) is 0 Å². The summed E-state index contributed by atoms with van der Waals surface area (Å²) in [6.45, 7) is 6.93. The molecule has 1 aromatic carbocycles. The molecule has 1 atom stereocenters. The van der Waals surface area contributed by atoms with Crippen LogP contribution in [0.25, 0.3) is 0 Å². The van der Waals surface area contributed by atoms with E-state index in [-0.39, 0.29) is 12.6 Å². The van der Waals surface area contributed by atoms with Crippen molar-refractivity contribution < 1.29 is 5.11 Å². The van der Waals surface area contributed by atoms with Crippen molar-refractivity contribution >= 4 is 0 Å².